The summed E-state index contributed by atoms with van der Waals surface area (Å²) in [6.07, 6.45) is 7.93. The van der Waals surface area contributed by atoms with Crippen molar-refractivity contribution in [2.24, 2.45) is 17.1 Å². The molecule has 2 aromatic rings. The molecule has 0 bridgehead atoms. The topological polar surface area (TPSA) is 125 Å². The van der Waals surface area contributed by atoms with Crippen LogP contribution in [-0.4, -0.2) is 63.9 Å². The summed E-state index contributed by atoms with van der Waals surface area (Å²) in [5.74, 6) is -5.20. The lowest BCUT2D eigenvalue weighted by atomic mass is 9.91. The number of esters is 1. The van der Waals surface area contributed by atoms with Crippen LogP contribution in [0.1, 0.15) is 64.0 Å². The number of rotatable bonds is 6. The molecule has 0 unspecified atom stereocenters. The van der Waals surface area contributed by atoms with Gasteiger partial charge in [-0.2, -0.15) is 8.78 Å². The van der Waals surface area contributed by atoms with E-state index in [1.807, 2.05) is 12.2 Å². The molecule has 2 fully saturated rings. The van der Waals surface area contributed by atoms with E-state index in [0.29, 0.717) is 24.4 Å². The molecule has 230 valence electrons. The average molecular weight is 597 g/mol. The second-order valence-corrected chi connectivity index (χ2v) is 11.7. The molecule has 0 spiro atoms. The van der Waals surface area contributed by atoms with Gasteiger partial charge in [0, 0.05) is 12.8 Å². The molecule has 5 atom stereocenters. The van der Waals surface area contributed by atoms with Crippen molar-refractivity contribution in [2.45, 2.75) is 82.4 Å². The van der Waals surface area contributed by atoms with Crippen LogP contribution >= 0.6 is 0 Å². The lowest BCUT2D eigenvalue weighted by Crippen LogP contribution is -2.49. The van der Waals surface area contributed by atoms with Gasteiger partial charge in [-0.1, -0.05) is 43.7 Å². The first-order chi connectivity index (χ1) is 20.6. The van der Waals surface area contributed by atoms with Crippen LogP contribution in [0.2, 0.25) is 0 Å². The van der Waals surface area contributed by atoms with Crippen molar-refractivity contribution >= 4 is 28.7 Å². The average Bonchev–Trinajstić information content (AvgIpc) is 3.52. The normalized spacial score (nSPS) is 29.2. The van der Waals surface area contributed by atoms with E-state index < -0.39 is 53.0 Å². The third kappa shape index (κ3) is 6.32. The van der Waals surface area contributed by atoms with Gasteiger partial charge in [0.05, 0.1) is 41.7 Å². The van der Waals surface area contributed by atoms with Gasteiger partial charge in [0.1, 0.15) is 6.10 Å². The van der Waals surface area contributed by atoms with Crippen LogP contribution < -0.4 is 10.5 Å². The Hall–Kier alpha value is -3.73. The van der Waals surface area contributed by atoms with Crippen molar-refractivity contribution in [1.29, 1.82) is 0 Å². The van der Waals surface area contributed by atoms with E-state index in [9.17, 15) is 23.2 Å². The number of halogens is 2. The first-order valence-corrected chi connectivity index (χ1v) is 15.0. The number of nitrogens with zero attached hydrogens (tertiary/aromatic N) is 3. The Morgan fingerprint density at radius 2 is 1.95 bits per heavy atom. The summed E-state index contributed by atoms with van der Waals surface area (Å²) < 4.78 is 41.3. The number of ether oxygens (including phenoxy) is 2. The number of carbonyl (C=O) groups excluding carboxylic acids is 3. The Labute approximate surface area is 249 Å². The molecule has 5 rings (SSSR count). The summed E-state index contributed by atoms with van der Waals surface area (Å²) >= 11 is 0. The minimum Gasteiger partial charge on any atom is -0.471 e. The zero-order valence-corrected chi connectivity index (χ0v) is 24.3. The van der Waals surface area contributed by atoms with E-state index in [4.69, 9.17) is 15.2 Å². The quantitative estimate of drug-likeness (QED) is 0.378. The van der Waals surface area contributed by atoms with E-state index in [2.05, 4.69) is 16.5 Å². The van der Waals surface area contributed by atoms with Crippen molar-refractivity contribution in [1.82, 2.24) is 14.9 Å². The SMILES string of the molecule is C=CC(F)(F)c1nc2ccccc2nc1O[C@@H]1C[C@H]2C(=O)C[C@]3(C(=O)OCC)C[C@@H]3/C=C\CCCCC[C@H](N)C(=O)N2C1. The minimum atomic E-state index is -3.54. The van der Waals surface area contributed by atoms with E-state index in [1.165, 1.54) is 4.90 Å². The summed E-state index contributed by atoms with van der Waals surface area (Å²) in [4.78, 5) is 50.4. The minimum absolute atomic E-state index is 0.0321. The van der Waals surface area contributed by atoms with Crippen LogP contribution in [0, 0.1) is 11.3 Å². The predicted octanol–water partition coefficient (Wildman–Crippen LogP) is 4.63. The summed E-state index contributed by atoms with van der Waals surface area (Å²) in [7, 11) is 0. The van der Waals surface area contributed by atoms with Crippen molar-refractivity contribution in [3.63, 3.8) is 0 Å². The molecule has 1 aromatic heterocycles. The van der Waals surface area contributed by atoms with Crippen LogP contribution in [0.3, 0.4) is 0 Å². The molecule has 43 heavy (non-hydrogen) atoms. The molecule has 1 saturated heterocycles. The molecule has 3 aliphatic rings. The maximum Gasteiger partial charge on any atom is 0.313 e. The number of carbonyl (C=O) groups is 3. The van der Waals surface area contributed by atoms with E-state index in [1.54, 1.807) is 31.2 Å². The van der Waals surface area contributed by atoms with Gasteiger partial charge < -0.3 is 20.1 Å². The van der Waals surface area contributed by atoms with Gasteiger partial charge in [-0.05, 0) is 56.7 Å². The number of aromatic nitrogens is 2. The number of amides is 1. The summed E-state index contributed by atoms with van der Waals surface area (Å²) in [5.41, 5.74) is 5.24. The Morgan fingerprint density at radius 1 is 1.21 bits per heavy atom. The third-order valence-corrected chi connectivity index (χ3v) is 8.68. The predicted molar refractivity (Wildman–Crippen MR) is 155 cm³/mol. The number of para-hydroxylation sites is 2. The molecule has 2 N–H and O–H groups in total. The van der Waals surface area contributed by atoms with Gasteiger partial charge in [-0.15, -0.1) is 0 Å². The first-order valence-electron chi connectivity index (χ1n) is 15.0. The number of hydrogen-bond acceptors (Lipinski definition) is 8. The number of benzene rings is 1. The molecule has 9 nitrogen and oxygen atoms in total. The fourth-order valence-electron chi connectivity index (χ4n) is 6.17. The van der Waals surface area contributed by atoms with Crippen molar-refractivity contribution in [2.75, 3.05) is 13.2 Å². The molecule has 11 heteroatoms. The van der Waals surface area contributed by atoms with Gasteiger partial charge in [0.2, 0.25) is 11.8 Å². The van der Waals surface area contributed by atoms with E-state index >= 15 is 0 Å². The molecule has 1 aliphatic carbocycles. The highest BCUT2D eigenvalue weighted by Crippen LogP contribution is 2.57. The monoisotopic (exact) mass is 596 g/mol. The number of ketones is 1. The highest BCUT2D eigenvalue weighted by Gasteiger charge is 2.61. The van der Waals surface area contributed by atoms with Crippen LogP contribution in [0.25, 0.3) is 11.0 Å². The van der Waals surface area contributed by atoms with Gasteiger partial charge in [-0.25, -0.2) is 9.97 Å². The third-order valence-electron chi connectivity index (χ3n) is 8.68. The Kier molecular flexibility index (Phi) is 8.91. The summed E-state index contributed by atoms with van der Waals surface area (Å²) in [5, 5.41) is 0. The lowest BCUT2D eigenvalue weighted by molar-refractivity contribution is -0.152. The Balaban J connectivity index is 1.46. The first kappa shape index (κ1) is 30.7. The van der Waals surface area contributed by atoms with Crippen LogP contribution in [0.4, 0.5) is 8.78 Å². The lowest BCUT2D eigenvalue weighted by Gasteiger charge is -2.27. The van der Waals surface area contributed by atoms with Crippen molar-refractivity contribution in [3.05, 3.63) is 54.8 Å². The maximum atomic E-state index is 14.9. The number of Topliss-reactive ketones (excluding diaryl/α,β-unsaturated/α-hetero) is 1. The Morgan fingerprint density at radius 3 is 2.67 bits per heavy atom. The highest BCUT2D eigenvalue weighted by atomic mass is 19.3. The molecular formula is C32H38F2N4O5. The van der Waals surface area contributed by atoms with Gasteiger partial charge >= 0.3 is 11.9 Å². The molecule has 1 amide bonds. The number of fused-ring (bicyclic) bond motifs is 3. The highest BCUT2D eigenvalue weighted by molar-refractivity contribution is 5.95. The standard InChI is InChI=1S/C32H38F2N4O5/c1-3-32(33,34)27-28(37-24-15-11-10-14-23(24)36-27)43-21-16-25-26(39)18-31(30(41)42-4-2)17-20(31)12-8-6-5-7-9-13-22(35)29(40)38(25)19-21/h3,8,10-12,14-15,20-22,25H,1,4-7,9,13,16-19,35H2,2H3/b12-8-/t20-,21+,22-,25-,31+/m0/s1. The second kappa shape index (κ2) is 12.5. The van der Waals surface area contributed by atoms with Crippen LogP contribution in [-0.2, 0) is 25.0 Å². The molecule has 0 radical (unpaired) electrons. The van der Waals surface area contributed by atoms with Crippen molar-refractivity contribution in [3.8, 4) is 5.88 Å². The molecule has 3 heterocycles. The largest absolute Gasteiger partial charge is 0.471 e. The zero-order valence-electron chi connectivity index (χ0n) is 24.3. The van der Waals surface area contributed by atoms with Crippen LogP contribution in [0.15, 0.2) is 49.1 Å². The zero-order chi connectivity index (χ0) is 30.8. The fourth-order valence-corrected chi connectivity index (χ4v) is 6.17. The fraction of sp³-hybridized carbons (Fsp3) is 0.531. The van der Waals surface area contributed by atoms with E-state index in [0.717, 1.165) is 25.7 Å². The smallest absolute Gasteiger partial charge is 0.313 e. The van der Waals surface area contributed by atoms with Gasteiger partial charge in [0.15, 0.2) is 11.5 Å². The number of allylic oxidation sites excluding steroid dienone is 3. The maximum absolute atomic E-state index is 14.9. The van der Waals surface area contributed by atoms with Gasteiger partial charge in [0.25, 0.3) is 0 Å². The number of nitrogens with two attached hydrogens (primary N) is 1. The Bertz CT molecular complexity index is 1430. The molecule has 2 aliphatic heterocycles. The van der Waals surface area contributed by atoms with Gasteiger partial charge in [-0.3, -0.25) is 14.4 Å². The molecule has 1 saturated carbocycles. The number of alkyl halides is 2. The van der Waals surface area contributed by atoms with Crippen LogP contribution in [0.5, 0.6) is 5.88 Å². The second-order valence-electron chi connectivity index (χ2n) is 11.7. The summed E-state index contributed by atoms with van der Waals surface area (Å²) in [6.45, 7) is 5.10. The summed E-state index contributed by atoms with van der Waals surface area (Å²) in [6, 6.07) is 4.80. The molecular weight excluding hydrogens is 558 g/mol. The molecule has 1 aromatic carbocycles. The van der Waals surface area contributed by atoms with Crippen molar-refractivity contribution < 1.29 is 32.6 Å². The van der Waals surface area contributed by atoms with E-state index in [-0.39, 0.29) is 43.2 Å². The number of hydrogen-bond donors (Lipinski definition) is 1.